The molecule has 1 aliphatic rings. The van der Waals surface area contributed by atoms with Crippen LogP contribution in [0, 0.1) is 6.92 Å². The molecule has 0 atom stereocenters. The predicted octanol–water partition coefficient (Wildman–Crippen LogP) is 6.27. The summed E-state index contributed by atoms with van der Waals surface area (Å²) in [5, 5.41) is 1.03. The van der Waals surface area contributed by atoms with Gasteiger partial charge in [-0.1, -0.05) is 41.4 Å². The minimum Gasteiger partial charge on any atom is -0.436 e. The Hall–Kier alpha value is -2.82. The second-order valence-corrected chi connectivity index (χ2v) is 7.65. The van der Waals surface area contributed by atoms with Gasteiger partial charge in [0.15, 0.2) is 5.58 Å². The van der Waals surface area contributed by atoms with Crippen LogP contribution in [0.4, 0.5) is 5.69 Å². The Morgan fingerprint density at radius 1 is 1.04 bits per heavy atom. The number of hydrogen-bond donors (Lipinski definition) is 0. The van der Waals surface area contributed by atoms with Gasteiger partial charge in [-0.15, -0.1) is 0 Å². The second kappa shape index (κ2) is 6.36. The lowest BCUT2D eigenvalue weighted by molar-refractivity contribution is 0.0996. The third-order valence-electron chi connectivity index (χ3n) is 4.96. The molecule has 28 heavy (non-hydrogen) atoms. The van der Waals surface area contributed by atoms with Crippen molar-refractivity contribution in [2.75, 3.05) is 4.90 Å². The van der Waals surface area contributed by atoms with Gasteiger partial charge in [-0.25, -0.2) is 4.98 Å². The van der Waals surface area contributed by atoms with Crippen LogP contribution in [0.25, 0.3) is 22.6 Å². The van der Waals surface area contributed by atoms with Crippen molar-refractivity contribution >= 4 is 45.9 Å². The Morgan fingerprint density at radius 2 is 1.86 bits per heavy atom. The quantitative estimate of drug-likeness (QED) is 0.392. The number of aryl methyl sites for hydroxylation is 1. The SMILES string of the molecule is Cc1cc(N2Cc3ccccc3C2=O)cc2nc(-c3ccc(Cl)cc3Cl)oc12. The second-order valence-electron chi connectivity index (χ2n) is 6.80. The molecule has 0 bridgehead atoms. The van der Waals surface area contributed by atoms with E-state index in [2.05, 4.69) is 4.98 Å². The molecular weight excluding hydrogens is 395 g/mol. The number of rotatable bonds is 2. The molecule has 0 N–H and O–H groups in total. The Kier molecular flexibility index (Phi) is 3.93. The van der Waals surface area contributed by atoms with E-state index < -0.39 is 0 Å². The van der Waals surface area contributed by atoms with Gasteiger partial charge in [-0.2, -0.15) is 0 Å². The zero-order chi connectivity index (χ0) is 19.4. The number of aromatic nitrogens is 1. The third kappa shape index (κ3) is 2.68. The monoisotopic (exact) mass is 408 g/mol. The summed E-state index contributed by atoms with van der Waals surface area (Å²) in [6.07, 6.45) is 0. The lowest BCUT2D eigenvalue weighted by atomic mass is 10.1. The molecule has 5 rings (SSSR count). The summed E-state index contributed by atoms with van der Waals surface area (Å²) in [4.78, 5) is 19.2. The minimum atomic E-state index is -0.00110. The Balaban J connectivity index is 1.59. The van der Waals surface area contributed by atoms with E-state index in [9.17, 15) is 4.79 Å². The van der Waals surface area contributed by atoms with Crippen molar-refractivity contribution in [3.05, 3.63) is 81.3 Å². The van der Waals surface area contributed by atoms with Crippen LogP contribution in [-0.2, 0) is 6.54 Å². The minimum absolute atomic E-state index is 0.00110. The van der Waals surface area contributed by atoms with Crippen molar-refractivity contribution in [2.45, 2.75) is 13.5 Å². The maximum Gasteiger partial charge on any atom is 0.258 e. The summed E-state index contributed by atoms with van der Waals surface area (Å²) in [6.45, 7) is 2.49. The molecule has 0 radical (unpaired) electrons. The first kappa shape index (κ1) is 17.3. The number of oxazole rings is 1. The predicted molar refractivity (Wildman–Crippen MR) is 111 cm³/mol. The Morgan fingerprint density at radius 3 is 2.64 bits per heavy atom. The van der Waals surface area contributed by atoms with Crippen molar-refractivity contribution in [1.82, 2.24) is 4.98 Å². The van der Waals surface area contributed by atoms with Crippen LogP contribution in [0.1, 0.15) is 21.5 Å². The number of nitrogens with zero attached hydrogens (tertiary/aromatic N) is 2. The highest BCUT2D eigenvalue weighted by molar-refractivity contribution is 6.36. The lowest BCUT2D eigenvalue weighted by Crippen LogP contribution is -2.23. The molecule has 0 fully saturated rings. The van der Waals surface area contributed by atoms with Gasteiger partial charge in [-0.05, 0) is 54.4 Å². The van der Waals surface area contributed by atoms with Crippen molar-refractivity contribution < 1.29 is 9.21 Å². The normalized spacial score (nSPS) is 13.4. The molecular formula is C22H14Cl2N2O2. The summed E-state index contributed by atoms with van der Waals surface area (Å²) >= 11 is 12.3. The first-order chi connectivity index (χ1) is 13.5. The molecule has 2 heterocycles. The van der Waals surface area contributed by atoms with Gasteiger partial charge in [0.2, 0.25) is 5.89 Å². The zero-order valence-corrected chi connectivity index (χ0v) is 16.4. The highest BCUT2D eigenvalue weighted by Crippen LogP contribution is 2.36. The molecule has 1 aromatic heterocycles. The fraction of sp³-hybridized carbons (Fsp3) is 0.0909. The van der Waals surface area contributed by atoms with Crippen molar-refractivity contribution in [3.63, 3.8) is 0 Å². The van der Waals surface area contributed by atoms with Crippen LogP contribution < -0.4 is 4.90 Å². The van der Waals surface area contributed by atoms with E-state index in [4.69, 9.17) is 27.6 Å². The van der Waals surface area contributed by atoms with Crippen LogP contribution in [0.3, 0.4) is 0 Å². The molecule has 0 aliphatic carbocycles. The lowest BCUT2D eigenvalue weighted by Gasteiger charge is -2.16. The van der Waals surface area contributed by atoms with E-state index >= 15 is 0 Å². The fourth-order valence-electron chi connectivity index (χ4n) is 3.58. The zero-order valence-electron chi connectivity index (χ0n) is 14.9. The maximum absolute atomic E-state index is 12.8. The van der Waals surface area contributed by atoms with E-state index in [0.29, 0.717) is 39.1 Å². The number of carbonyl (C=O) groups is 1. The van der Waals surface area contributed by atoms with Crippen LogP contribution in [-0.4, -0.2) is 10.9 Å². The number of amides is 1. The van der Waals surface area contributed by atoms with Crippen LogP contribution >= 0.6 is 23.2 Å². The Labute approximate surface area is 171 Å². The molecule has 3 aromatic carbocycles. The summed E-state index contributed by atoms with van der Waals surface area (Å²) in [6, 6.07) is 16.7. The highest BCUT2D eigenvalue weighted by atomic mass is 35.5. The van der Waals surface area contributed by atoms with Crippen LogP contribution in [0.15, 0.2) is 59.0 Å². The average molecular weight is 409 g/mol. The summed E-state index contributed by atoms with van der Waals surface area (Å²) < 4.78 is 5.97. The molecule has 0 spiro atoms. The van der Waals surface area contributed by atoms with E-state index in [1.807, 2.05) is 43.3 Å². The molecule has 0 unspecified atom stereocenters. The number of fused-ring (bicyclic) bond motifs is 2. The van der Waals surface area contributed by atoms with Crippen LogP contribution in [0.5, 0.6) is 0 Å². The molecule has 0 saturated heterocycles. The first-order valence-electron chi connectivity index (χ1n) is 8.77. The molecule has 0 saturated carbocycles. The van der Waals surface area contributed by atoms with Crippen LogP contribution in [0.2, 0.25) is 10.0 Å². The van der Waals surface area contributed by atoms with Gasteiger partial charge in [0.1, 0.15) is 5.52 Å². The van der Waals surface area contributed by atoms with Gasteiger partial charge in [-0.3, -0.25) is 4.79 Å². The summed E-state index contributed by atoms with van der Waals surface area (Å²) in [5.41, 5.74) is 5.50. The molecule has 1 amide bonds. The fourth-order valence-corrected chi connectivity index (χ4v) is 4.07. The number of anilines is 1. The molecule has 1 aliphatic heterocycles. The van der Waals surface area contributed by atoms with Gasteiger partial charge >= 0.3 is 0 Å². The average Bonchev–Trinajstić information content (AvgIpc) is 3.24. The van der Waals surface area contributed by atoms with Gasteiger partial charge in [0, 0.05) is 16.3 Å². The van der Waals surface area contributed by atoms with E-state index in [1.54, 1.807) is 23.1 Å². The van der Waals surface area contributed by atoms with Gasteiger partial charge < -0.3 is 9.32 Å². The molecule has 4 nitrogen and oxygen atoms in total. The smallest absolute Gasteiger partial charge is 0.258 e. The number of halogens is 2. The van der Waals surface area contributed by atoms with Crippen molar-refractivity contribution in [3.8, 4) is 11.5 Å². The number of hydrogen-bond acceptors (Lipinski definition) is 3. The Bertz CT molecular complexity index is 1260. The standard InChI is InChI=1S/C22H14Cl2N2O2/c1-12-8-15(26-11-13-4-2-3-5-16(13)22(26)27)10-19-20(12)28-21(25-19)17-7-6-14(23)9-18(17)24/h2-10H,11H2,1H3. The van der Waals surface area contributed by atoms with Gasteiger partial charge in [0.05, 0.1) is 17.1 Å². The summed E-state index contributed by atoms with van der Waals surface area (Å²) in [7, 11) is 0. The molecule has 6 heteroatoms. The van der Waals surface area contributed by atoms with Crippen molar-refractivity contribution in [1.29, 1.82) is 0 Å². The topological polar surface area (TPSA) is 46.3 Å². The number of carbonyl (C=O) groups excluding carboxylic acids is 1. The first-order valence-corrected chi connectivity index (χ1v) is 9.53. The van der Waals surface area contributed by atoms with E-state index in [0.717, 1.165) is 22.4 Å². The highest BCUT2D eigenvalue weighted by Gasteiger charge is 2.28. The van der Waals surface area contributed by atoms with E-state index in [1.165, 1.54) is 0 Å². The number of benzene rings is 3. The molecule has 138 valence electrons. The summed E-state index contributed by atoms with van der Waals surface area (Å²) in [5.74, 6) is 0.423. The largest absolute Gasteiger partial charge is 0.436 e. The van der Waals surface area contributed by atoms with E-state index in [-0.39, 0.29) is 5.91 Å². The van der Waals surface area contributed by atoms with Crippen molar-refractivity contribution in [2.24, 2.45) is 0 Å². The maximum atomic E-state index is 12.8. The molecule has 4 aromatic rings. The van der Waals surface area contributed by atoms with Gasteiger partial charge in [0.25, 0.3) is 5.91 Å². The third-order valence-corrected chi connectivity index (χ3v) is 5.50.